The Morgan fingerprint density at radius 3 is 2.72 bits per heavy atom. The van der Waals surface area contributed by atoms with Gasteiger partial charge in [0.25, 0.3) is 0 Å². The molecule has 1 aliphatic carbocycles. The Kier molecular flexibility index (Phi) is 5.64. The molecular weight excluding hydrogens is 226 g/mol. The molecule has 0 aliphatic heterocycles. The Balaban J connectivity index is 2.40. The SMILES string of the molecule is CCC(C)C(C)(O)CNC(=O)C1CCCC(C)C1. The summed E-state index contributed by atoms with van der Waals surface area (Å²) in [6.45, 7) is 8.48. The van der Waals surface area contributed by atoms with Gasteiger partial charge in [0, 0.05) is 12.5 Å². The Hall–Kier alpha value is -0.570. The molecule has 0 aromatic heterocycles. The number of aliphatic hydroxyl groups is 1. The Morgan fingerprint density at radius 1 is 1.50 bits per heavy atom. The molecule has 0 spiro atoms. The van der Waals surface area contributed by atoms with Gasteiger partial charge in [-0.2, -0.15) is 0 Å². The van der Waals surface area contributed by atoms with E-state index in [1.807, 2.05) is 13.8 Å². The zero-order chi connectivity index (χ0) is 13.8. The maximum absolute atomic E-state index is 12.1. The van der Waals surface area contributed by atoms with Crippen LogP contribution < -0.4 is 5.32 Å². The van der Waals surface area contributed by atoms with E-state index in [1.165, 1.54) is 6.42 Å². The molecular formula is C15H29NO2. The summed E-state index contributed by atoms with van der Waals surface area (Å²) in [5.41, 5.74) is -0.801. The molecule has 0 aromatic rings. The minimum Gasteiger partial charge on any atom is -0.388 e. The second-order valence-electron chi connectivity index (χ2n) is 6.35. The molecule has 18 heavy (non-hydrogen) atoms. The van der Waals surface area contributed by atoms with Gasteiger partial charge in [0.2, 0.25) is 5.91 Å². The number of carbonyl (C=O) groups excluding carboxylic acids is 1. The predicted molar refractivity (Wildman–Crippen MR) is 74.2 cm³/mol. The van der Waals surface area contributed by atoms with Gasteiger partial charge in [-0.15, -0.1) is 0 Å². The van der Waals surface area contributed by atoms with Crippen LogP contribution in [0.1, 0.15) is 59.8 Å². The normalized spacial score (nSPS) is 29.4. The lowest BCUT2D eigenvalue weighted by Crippen LogP contribution is -2.47. The molecule has 1 rings (SSSR count). The third-order valence-electron chi connectivity index (χ3n) is 4.60. The zero-order valence-corrected chi connectivity index (χ0v) is 12.3. The molecule has 3 nitrogen and oxygen atoms in total. The van der Waals surface area contributed by atoms with Crippen molar-refractivity contribution in [1.82, 2.24) is 5.32 Å². The van der Waals surface area contributed by atoms with Gasteiger partial charge in [-0.1, -0.05) is 40.0 Å². The number of hydrogen-bond donors (Lipinski definition) is 2. The summed E-state index contributed by atoms with van der Waals surface area (Å²) in [4.78, 5) is 12.1. The van der Waals surface area contributed by atoms with E-state index in [4.69, 9.17) is 0 Å². The third kappa shape index (κ3) is 4.27. The van der Waals surface area contributed by atoms with Crippen LogP contribution in [0.5, 0.6) is 0 Å². The van der Waals surface area contributed by atoms with Crippen LogP contribution in [0, 0.1) is 17.8 Å². The summed E-state index contributed by atoms with van der Waals surface area (Å²) in [7, 11) is 0. The predicted octanol–water partition coefficient (Wildman–Crippen LogP) is 2.73. The van der Waals surface area contributed by atoms with Crippen LogP contribution in [0.15, 0.2) is 0 Å². The molecule has 2 N–H and O–H groups in total. The molecule has 3 heteroatoms. The average molecular weight is 255 g/mol. The number of hydrogen-bond acceptors (Lipinski definition) is 2. The second kappa shape index (κ2) is 6.55. The molecule has 0 heterocycles. The first-order chi connectivity index (χ1) is 8.36. The summed E-state index contributed by atoms with van der Waals surface area (Å²) < 4.78 is 0. The van der Waals surface area contributed by atoms with Crippen molar-refractivity contribution in [3.8, 4) is 0 Å². The third-order valence-corrected chi connectivity index (χ3v) is 4.60. The summed E-state index contributed by atoms with van der Waals surface area (Å²) in [5.74, 6) is 1.14. The molecule has 106 valence electrons. The quantitative estimate of drug-likeness (QED) is 0.793. The zero-order valence-electron chi connectivity index (χ0n) is 12.3. The van der Waals surface area contributed by atoms with Crippen LogP contribution in [0.4, 0.5) is 0 Å². The van der Waals surface area contributed by atoms with Gasteiger partial charge in [0.15, 0.2) is 0 Å². The van der Waals surface area contributed by atoms with E-state index in [2.05, 4.69) is 19.2 Å². The fraction of sp³-hybridized carbons (Fsp3) is 0.933. The van der Waals surface area contributed by atoms with Crippen molar-refractivity contribution < 1.29 is 9.90 Å². The maximum Gasteiger partial charge on any atom is 0.223 e. The molecule has 1 fully saturated rings. The standard InChI is InChI=1S/C15H29NO2/c1-5-12(3)15(4,18)10-16-14(17)13-8-6-7-11(2)9-13/h11-13,18H,5-10H2,1-4H3,(H,16,17). The molecule has 4 unspecified atom stereocenters. The van der Waals surface area contributed by atoms with E-state index in [1.54, 1.807) is 0 Å². The number of rotatable bonds is 5. The van der Waals surface area contributed by atoms with Crippen LogP contribution in [0.3, 0.4) is 0 Å². The fourth-order valence-electron chi connectivity index (χ4n) is 2.70. The lowest BCUT2D eigenvalue weighted by Gasteiger charge is -2.31. The van der Waals surface area contributed by atoms with Crippen molar-refractivity contribution in [2.45, 2.75) is 65.4 Å². The molecule has 4 atom stereocenters. The van der Waals surface area contributed by atoms with E-state index in [0.29, 0.717) is 12.5 Å². The van der Waals surface area contributed by atoms with E-state index in [9.17, 15) is 9.90 Å². The molecule has 1 aliphatic rings. The minimum absolute atomic E-state index is 0.130. The van der Waals surface area contributed by atoms with Gasteiger partial charge in [-0.05, 0) is 31.6 Å². The average Bonchev–Trinajstić information content (AvgIpc) is 2.35. The van der Waals surface area contributed by atoms with Gasteiger partial charge in [-0.25, -0.2) is 0 Å². The smallest absolute Gasteiger partial charge is 0.223 e. The lowest BCUT2D eigenvalue weighted by molar-refractivity contribution is -0.128. The van der Waals surface area contributed by atoms with Crippen molar-refractivity contribution >= 4 is 5.91 Å². The van der Waals surface area contributed by atoms with Crippen LogP contribution >= 0.6 is 0 Å². The number of nitrogens with one attached hydrogen (secondary N) is 1. The van der Waals surface area contributed by atoms with Crippen molar-refractivity contribution in [1.29, 1.82) is 0 Å². The maximum atomic E-state index is 12.1. The van der Waals surface area contributed by atoms with Gasteiger partial charge in [0.1, 0.15) is 0 Å². The van der Waals surface area contributed by atoms with E-state index < -0.39 is 5.60 Å². The number of amides is 1. The highest BCUT2D eigenvalue weighted by molar-refractivity contribution is 5.78. The molecule has 0 bridgehead atoms. The Bertz CT molecular complexity index is 276. The highest BCUT2D eigenvalue weighted by atomic mass is 16.3. The summed E-state index contributed by atoms with van der Waals surface area (Å²) in [6, 6.07) is 0. The summed E-state index contributed by atoms with van der Waals surface area (Å²) in [5, 5.41) is 13.2. The highest BCUT2D eigenvalue weighted by Crippen LogP contribution is 2.28. The summed E-state index contributed by atoms with van der Waals surface area (Å²) >= 11 is 0. The first kappa shape index (κ1) is 15.5. The molecule has 0 aromatic carbocycles. The largest absolute Gasteiger partial charge is 0.388 e. The van der Waals surface area contributed by atoms with Crippen molar-refractivity contribution in [2.24, 2.45) is 17.8 Å². The van der Waals surface area contributed by atoms with Gasteiger partial charge in [0.05, 0.1) is 5.60 Å². The van der Waals surface area contributed by atoms with Crippen LogP contribution in [-0.2, 0) is 4.79 Å². The van der Waals surface area contributed by atoms with E-state index >= 15 is 0 Å². The second-order valence-corrected chi connectivity index (χ2v) is 6.35. The summed E-state index contributed by atoms with van der Waals surface area (Å²) in [6.07, 6.45) is 5.32. The monoisotopic (exact) mass is 255 g/mol. The van der Waals surface area contributed by atoms with Crippen LogP contribution in [0.2, 0.25) is 0 Å². The van der Waals surface area contributed by atoms with Gasteiger partial charge in [-0.3, -0.25) is 4.79 Å². The van der Waals surface area contributed by atoms with Crippen LogP contribution in [0.25, 0.3) is 0 Å². The molecule has 1 amide bonds. The Labute approximate surface area is 111 Å². The molecule has 0 radical (unpaired) electrons. The highest BCUT2D eigenvalue weighted by Gasteiger charge is 2.30. The van der Waals surface area contributed by atoms with E-state index in [0.717, 1.165) is 25.7 Å². The van der Waals surface area contributed by atoms with Crippen molar-refractivity contribution in [2.75, 3.05) is 6.54 Å². The molecule has 1 saturated carbocycles. The Morgan fingerprint density at radius 2 is 2.17 bits per heavy atom. The number of carbonyl (C=O) groups is 1. The lowest BCUT2D eigenvalue weighted by atomic mass is 9.81. The van der Waals surface area contributed by atoms with Gasteiger partial charge >= 0.3 is 0 Å². The first-order valence-corrected chi connectivity index (χ1v) is 7.37. The van der Waals surface area contributed by atoms with Crippen molar-refractivity contribution in [3.05, 3.63) is 0 Å². The van der Waals surface area contributed by atoms with Gasteiger partial charge < -0.3 is 10.4 Å². The van der Waals surface area contributed by atoms with Crippen LogP contribution in [-0.4, -0.2) is 23.2 Å². The first-order valence-electron chi connectivity index (χ1n) is 7.37. The minimum atomic E-state index is -0.801. The topological polar surface area (TPSA) is 49.3 Å². The van der Waals surface area contributed by atoms with E-state index in [-0.39, 0.29) is 17.7 Å². The molecule has 0 saturated heterocycles. The van der Waals surface area contributed by atoms with Crippen molar-refractivity contribution in [3.63, 3.8) is 0 Å². The fourth-order valence-corrected chi connectivity index (χ4v) is 2.70.